The fraction of sp³-hybridized carbons (Fsp3) is 0. The Hall–Kier alpha value is -3.78. The lowest BCUT2D eigenvalue weighted by atomic mass is 10.1. The van der Waals surface area contributed by atoms with E-state index in [1.165, 1.54) is 6.21 Å². The molecule has 0 spiro atoms. The molecule has 138 valence electrons. The molecule has 0 aliphatic heterocycles. The maximum atomic E-state index is 12.6. The van der Waals surface area contributed by atoms with Gasteiger partial charge in [-0.05, 0) is 36.5 Å². The Morgan fingerprint density at radius 1 is 1.18 bits per heavy atom. The third-order valence-electron chi connectivity index (χ3n) is 4.04. The van der Waals surface area contributed by atoms with Crippen LogP contribution in [-0.2, 0) is 0 Å². The molecule has 28 heavy (non-hydrogen) atoms. The molecule has 0 amide bonds. The van der Waals surface area contributed by atoms with E-state index in [9.17, 15) is 4.79 Å². The van der Waals surface area contributed by atoms with Gasteiger partial charge in [-0.15, -0.1) is 0 Å². The summed E-state index contributed by atoms with van der Waals surface area (Å²) in [5.41, 5.74) is 10.2. The molecular formula is C20H15N5O2S. The van der Waals surface area contributed by atoms with E-state index in [4.69, 9.17) is 22.4 Å². The molecule has 0 aliphatic carbocycles. The number of nitrogens with two attached hydrogens (primary N) is 1. The SMILES string of the molecule is NC(=S)NN=Cc1cn(-c2ccccc2)nc1-c1cc2ccccc2oc1=O. The Kier molecular flexibility index (Phi) is 4.69. The van der Waals surface area contributed by atoms with Crippen LogP contribution in [0.1, 0.15) is 5.56 Å². The number of hydrazone groups is 1. The predicted octanol–water partition coefficient (Wildman–Crippen LogP) is 2.81. The van der Waals surface area contributed by atoms with Crippen molar-refractivity contribution in [2.75, 3.05) is 0 Å². The van der Waals surface area contributed by atoms with Crippen molar-refractivity contribution in [3.8, 4) is 16.9 Å². The summed E-state index contributed by atoms with van der Waals surface area (Å²) in [4.78, 5) is 12.6. The molecule has 7 nitrogen and oxygen atoms in total. The average molecular weight is 389 g/mol. The van der Waals surface area contributed by atoms with Gasteiger partial charge in [0.15, 0.2) is 5.11 Å². The summed E-state index contributed by atoms with van der Waals surface area (Å²) in [5.74, 6) is 0. The quantitative estimate of drug-likeness (QED) is 0.241. The van der Waals surface area contributed by atoms with E-state index in [-0.39, 0.29) is 5.11 Å². The number of rotatable bonds is 4. The molecule has 2 aromatic heterocycles. The highest BCUT2D eigenvalue weighted by Crippen LogP contribution is 2.23. The minimum Gasteiger partial charge on any atom is -0.422 e. The van der Waals surface area contributed by atoms with Crippen molar-refractivity contribution >= 4 is 34.5 Å². The number of hydrogen-bond acceptors (Lipinski definition) is 5. The molecule has 0 atom stereocenters. The molecule has 4 aromatic rings. The summed E-state index contributed by atoms with van der Waals surface area (Å²) < 4.78 is 7.13. The molecule has 2 aromatic carbocycles. The standard InChI is InChI=1S/C20H15N5O2S/c21-20(28)23-22-11-14-12-25(15-7-2-1-3-8-15)24-18(14)16-10-13-6-4-5-9-17(13)27-19(16)26/h1-12H,(H3,21,23,28). The summed E-state index contributed by atoms with van der Waals surface area (Å²) in [6.07, 6.45) is 3.28. The van der Waals surface area contributed by atoms with Gasteiger partial charge >= 0.3 is 5.63 Å². The van der Waals surface area contributed by atoms with E-state index < -0.39 is 5.63 Å². The van der Waals surface area contributed by atoms with Crippen LogP contribution in [0, 0.1) is 0 Å². The van der Waals surface area contributed by atoms with Crippen molar-refractivity contribution in [1.82, 2.24) is 15.2 Å². The van der Waals surface area contributed by atoms with Crippen molar-refractivity contribution < 1.29 is 4.42 Å². The second-order valence-electron chi connectivity index (χ2n) is 5.93. The van der Waals surface area contributed by atoms with Gasteiger partial charge in [0.05, 0.1) is 17.5 Å². The van der Waals surface area contributed by atoms with Crippen LogP contribution in [0.5, 0.6) is 0 Å². The number of para-hydroxylation sites is 2. The molecule has 3 N–H and O–H groups in total. The molecule has 0 fully saturated rings. The number of fused-ring (bicyclic) bond motifs is 1. The maximum absolute atomic E-state index is 12.6. The predicted molar refractivity (Wildman–Crippen MR) is 113 cm³/mol. The zero-order valence-electron chi connectivity index (χ0n) is 14.6. The highest BCUT2D eigenvalue weighted by molar-refractivity contribution is 7.80. The number of thiocarbonyl (C=S) groups is 1. The van der Waals surface area contributed by atoms with E-state index in [0.29, 0.717) is 22.4 Å². The van der Waals surface area contributed by atoms with Gasteiger partial charge in [-0.2, -0.15) is 10.2 Å². The Morgan fingerprint density at radius 3 is 2.71 bits per heavy atom. The van der Waals surface area contributed by atoms with Gasteiger partial charge in [0, 0.05) is 17.1 Å². The van der Waals surface area contributed by atoms with E-state index in [0.717, 1.165) is 11.1 Å². The van der Waals surface area contributed by atoms with Gasteiger partial charge in [0.25, 0.3) is 0 Å². The first-order valence-corrected chi connectivity index (χ1v) is 8.79. The zero-order valence-corrected chi connectivity index (χ0v) is 15.4. The monoisotopic (exact) mass is 389 g/mol. The minimum absolute atomic E-state index is 0.0403. The lowest BCUT2D eigenvalue weighted by Gasteiger charge is -2.01. The van der Waals surface area contributed by atoms with Crippen molar-refractivity contribution in [1.29, 1.82) is 0 Å². The molecule has 0 saturated carbocycles. The molecule has 2 heterocycles. The molecule has 0 bridgehead atoms. The second-order valence-corrected chi connectivity index (χ2v) is 6.37. The number of benzene rings is 2. The largest absolute Gasteiger partial charge is 0.422 e. The lowest BCUT2D eigenvalue weighted by Crippen LogP contribution is -2.24. The van der Waals surface area contributed by atoms with Crippen LogP contribution in [0.25, 0.3) is 27.9 Å². The Labute approximate surface area is 165 Å². The van der Waals surface area contributed by atoms with Crippen molar-refractivity contribution in [3.05, 3.63) is 82.8 Å². The fourth-order valence-corrected chi connectivity index (χ4v) is 2.85. The summed E-state index contributed by atoms with van der Waals surface area (Å²) in [7, 11) is 0. The van der Waals surface area contributed by atoms with E-state index in [1.807, 2.05) is 48.5 Å². The maximum Gasteiger partial charge on any atom is 0.345 e. The Bertz CT molecular complexity index is 1240. The van der Waals surface area contributed by atoms with Crippen molar-refractivity contribution in [2.24, 2.45) is 10.8 Å². The Morgan fingerprint density at radius 2 is 1.93 bits per heavy atom. The first-order chi connectivity index (χ1) is 13.6. The van der Waals surface area contributed by atoms with E-state index in [2.05, 4.69) is 15.6 Å². The highest BCUT2D eigenvalue weighted by atomic mass is 32.1. The first kappa shape index (κ1) is 17.6. The van der Waals surface area contributed by atoms with E-state index in [1.54, 1.807) is 23.0 Å². The number of aromatic nitrogens is 2. The van der Waals surface area contributed by atoms with Crippen LogP contribution in [0.2, 0.25) is 0 Å². The summed E-state index contributed by atoms with van der Waals surface area (Å²) >= 11 is 4.76. The van der Waals surface area contributed by atoms with Gasteiger partial charge < -0.3 is 10.2 Å². The summed E-state index contributed by atoms with van der Waals surface area (Å²) in [6, 6.07) is 18.6. The van der Waals surface area contributed by atoms with Crippen LogP contribution in [0.15, 0.2) is 81.2 Å². The number of nitrogens with one attached hydrogen (secondary N) is 1. The van der Waals surface area contributed by atoms with Crippen LogP contribution < -0.4 is 16.8 Å². The average Bonchev–Trinajstić information content (AvgIpc) is 3.12. The molecular weight excluding hydrogens is 374 g/mol. The van der Waals surface area contributed by atoms with Gasteiger partial charge in [0.1, 0.15) is 11.3 Å². The third kappa shape index (κ3) is 3.53. The van der Waals surface area contributed by atoms with Gasteiger partial charge in [0.2, 0.25) is 0 Å². The van der Waals surface area contributed by atoms with Crippen molar-refractivity contribution in [3.63, 3.8) is 0 Å². The zero-order chi connectivity index (χ0) is 19.5. The van der Waals surface area contributed by atoms with Crippen LogP contribution in [0.4, 0.5) is 0 Å². The molecule has 0 radical (unpaired) electrons. The molecule has 0 saturated heterocycles. The first-order valence-electron chi connectivity index (χ1n) is 8.39. The smallest absolute Gasteiger partial charge is 0.345 e. The van der Waals surface area contributed by atoms with Gasteiger partial charge in [-0.25, -0.2) is 9.48 Å². The third-order valence-corrected chi connectivity index (χ3v) is 4.13. The van der Waals surface area contributed by atoms with Crippen LogP contribution in [0.3, 0.4) is 0 Å². The Balaban J connectivity index is 1.88. The minimum atomic E-state index is -0.478. The second kappa shape index (κ2) is 7.45. The topological polar surface area (TPSA) is 98.4 Å². The number of hydrogen-bond donors (Lipinski definition) is 2. The highest BCUT2D eigenvalue weighted by Gasteiger charge is 2.16. The van der Waals surface area contributed by atoms with Crippen molar-refractivity contribution in [2.45, 2.75) is 0 Å². The van der Waals surface area contributed by atoms with Gasteiger partial charge in [-0.3, -0.25) is 5.43 Å². The lowest BCUT2D eigenvalue weighted by molar-refractivity contribution is 0.563. The number of nitrogens with zero attached hydrogens (tertiary/aromatic N) is 3. The summed E-state index contributed by atoms with van der Waals surface area (Å²) in [6.45, 7) is 0. The molecule has 0 aliphatic rings. The van der Waals surface area contributed by atoms with Gasteiger partial charge in [-0.1, -0.05) is 36.4 Å². The molecule has 0 unspecified atom stereocenters. The van der Waals surface area contributed by atoms with E-state index >= 15 is 0 Å². The van der Waals surface area contributed by atoms with Crippen LogP contribution >= 0.6 is 12.2 Å². The normalized spacial score (nSPS) is 11.1. The summed E-state index contributed by atoms with van der Waals surface area (Å²) in [5, 5.41) is 9.43. The fourth-order valence-electron chi connectivity index (χ4n) is 2.80. The van der Waals surface area contributed by atoms with Crippen LogP contribution in [-0.4, -0.2) is 21.1 Å². The molecule has 4 rings (SSSR count). The molecule has 8 heteroatoms.